The number of amides is 4. The van der Waals surface area contributed by atoms with Gasteiger partial charge in [-0.15, -0.1) is 0 Å². The van der Waals surface area contributed by atoms with Crippen molar-refractivity contribution >= 4 is 51.6 Å². The molecule has 10 aliphatic rings. The molecule has 14 heteroatoms. The molecule has 2 saturated heterocycles. The number of fused-ring (bicyclic) bond motifs is 4. The fourth-order valence-electron chi connectivity index (χ4n) is 14.3. The average molecular weight is 991 g/mol. The number of H-pyrrole nitrogens is 2. The Morgan fingerprint density at radius 3 is 1.86 bits per heavy atom. The number of benzene rings is 2. The minimum atomic E-state index is -0.686. The van der Waals surface area contributed by atoms with Gasteiger partial charge in [-0.25, -0.2) is 19.6 Å². The summed E-state index contributed by atoms with van der Waals surface area (Å²) in [4.78, 5) is 75.2. The maximum Gasteiger partial charge on any atom is 0.407 e. The Kier molecular flexibility index (Phi) is 13.4. The third kappa shape index (κ3) is 9.19. The first-order chi connectivity index (χ1) is 35.3. The summed E-state index contributed by atoms with van der Waals surface area (Å²) in [6.45, 7) is 11.5. The number of carbonyl (C=O) groups is 4. The number of hydrogen-bond acceptors (Lipinski definition) is 8. The Hall–Kier alpha value is -6.18. The van der Waals surface area contributed by atoms with Gasteiger partial charge in [0.25, 0.3) is 0 Å². The van der Waals surface area contributed by atoms with E-state index in [1.165, 1.54) is 42.1 Å². The molecule has 14 nitrogen and oxygen atoms in total. The zero-order chi connectivity index (χ0) is 50.8. The second kappa shape index (κ2) is 19.9. The number of ether oxygens (including phenoxy) is 2. The molecule has 2 aliphatic heterocycles. The van der Waals surface area contributed by atoms with E-state index >= 15 is 0 Å². The summed E-state index contributed by atoms with van der Waals surface area (Å²) in [5.41, 5.74) is 10.3. The van der Waals surface area contributed by atoms with Gasteiger partial charge in [-0.05, 0) is 157 Å². The van der Waals surface area contributed by atoms with E-state index < -0.39 is 24.3 Å². The summed E-state index contributed by atoms with van der Waals surface area (Å²) in [5, 5.41) is 5.64. The molecule has 0 spiro atoms. The van der Waals surface area contributed by atoms with E-state index in [0.29, 0.717) is 48.6 Å². The summed E-state index contributed by atoms with van der Waals surface area (Å²) >= 11 is 0. The van der Waals surface area contributed by atoms with E-state index in [4.69, 9.17) is 19.4 Å². The van der Waals surface area contributed by atoms with E-state index in [9.17, 15) is 19.2 Å². The highest BCUT2D eigenvalue weighted by Crippen LogP contribution is 2.52. The van der Waals surface area contributed by atoms with E-state index in [-0.39, 0.29) is 47.6 Å². The van der Waals surface area contributed by atoms with Crippen LogP contribution in [0.25, 0.3) is 27.6 Å². The van der Waals surface area contributed by atoms with Gasteiger partial charge in [0.05, 0.1) is 48.4 Å². The van der Waals surface area contributed by atoms with Crippen molar-refractivity contribution in [2.75, 3.05) is 27.3 Å². The van der Waals surface area contributed by atoms with Gasteiger partial charge in [0.1, 0.15) is 23.7 Å². The summed E-state index contributed by atoms with van der Waals surface area (Å²) in [6, 6.07) is 11.7. The average Bonchev–Trinajstić information content (AvgIpc) is 4.25. The number of nitrogens with zero attached hydrogens (tertiary/aromatic N) is 4. The van der Waals surface area contributed by atoms with E-state index in [1.807, 2.05) is 37.5 Å². The van der Waals surface area contributed by atoms with Crippen LogP contribution in [0.4, 0.5) is 9.59 Å². The molecule has 386 valence electrons. The largest absolute Gasteiger partial charge is 0.453 e. The standard InChI is InChI=1S/C59H74N8O6/c1-31(2)50(64-58(70)72-6)56(68)66-29-40-10-8-12-42(40)52(66)54-60-46-22-20-38(27-48(46)62-54)44-25-34-14-16-35-18-19-36(33(5)24-37(44)17-15-34)26-45(35)39-21-23-47-49(28-39)63-55(61-47)53-43-13-9-11-41(43)30-67(53)57(69)51(32(3)4)65-59(71)73-7/h17-23,25-28,31-35,40-43,45,50-53H,8-16,24,29-30H2,1-7H3,(H,60,62)(H,61,63)(H,64,70)(H,65,71)/t33-,34?,35?,40?,41?,42?,43?,45?,50?,51?,52?,53?/m1/s1. The molecule has 2 aromatic heterocycles. The zero-order valence-electron chi connectivity index (χ0n) is 43.7. The number of hydrogen-bond donors (Lipinski definition) is 4. The highest BCUT2D eigenvalue weighted by Gasteiger charge is 2.51. The van der Waals surface area contributed by atoms with Crippen LogP contribution in [0.3, 0.4) is 0 Å². The Bertz CT molecular complexity index is 2930. The highest BCUT2D eigenvalue weighted by atomic mass is 16.5. The lowest BCUT2D eigenvalue weighted by molar-refractivity contribution is -0.136. The first-order valence-corrected chi connectivity index (χ1v) is 27.4. The summed E-state index contributed by atoms with van der Waals surface area (Å²) in [7, 11) is 2.66. The molecule has 4 aromatic rings. The van der Waals surface area contributed by atoms with Crippen molar-refractivity contribution in [3.05, 3.63) is 101 Å². The highest BCUT2D eigenvalue weighted by molar-refractivity contribution is 5.89. The predicted octanol–water partition coefficient (Wildman–Crippen LogP) is 10.8. The molecule has 14 rings (SSSR count). The molecule has 4 N–H and O–H groups in total. The molecule has 2 aromatic carbocycles. The van der Waals surface area contributed by atoms with Crippen LogP contribution in [0, 0.1) is 53.3 Å². The van der Waals surface area contributed by atoms with Crippen molar-refractivity contribution in [2.24, 2.45) is 53.3 Å². The molecule has 11 unspecified atom stereocenters. The van der Waals surface area contributed by atoms with Crippen molar-refractivity contribution in [1.29, 1.82) is 0 Å². The number of aromatic nitrogens is 4. The van der Waals surface area contributed by atoms with Crippen LogP contribution in [0.1, 0.15) is 140 Å². The van der Waals surface area contributed by atoms with Crippen LogP contribution in [-0.4, -0.2) is 93.1 Å². The maximum absolute atomic E-state index is 14.3. The number of likely N-dealkylation sites (tertiary alicyclic amines) is 2. The molecular formula is C59H74N8O6. The SMILES string of the molecule is COC(=O)NC(C(=O)N1CC2CCCC2C1c1nc2cc(C3=CC4CC=C3C[C@@H](C)C3=CC(c5ccc6[nH]c(C7C8CCCC8CN7C(=O)C(NC(=O)OC)C(C)C)nc6c5)C(C=C3)CC4)ccc2[nH]1)C(C)C. The van der Waals surface area contributed by atoms with Gasteiger partial charge in [-0.3, -0.25) is 9.59 Å². The first-order valence-electron chi connectivity index (χ1n) is 27.4. The Labute approximate surface area is 429 Å². The number of imidazole rings is 2. The number of allylic oxidation sites excluding steroid dienone is 8. The topological polar surface area (TPSA) is 175 Å². The molecule has 8 aliphatic carbocycles. The minimum Gasteiger partial charge on any atom is -0.453 e. The van der Waals surface area contributed by atoms with Crippen LogP contribution in [0.15, 0.2) is 77.9 Å². The number of nitrogens with one attached hydrogen (secondary N) is 4. The van der Waals surface area contributed by atoms with Crippen molar-refractivity contribution in [1.82, 2.24) is 40.4 Å². The number of aromatic amines is 2. The second-order valence-electron chi connectivity index (χ2n) is 23.3. The van der Waals surface area contributed by atoms with Crippen LogP contribution >= 0.6 is 0 Å². The van der Waals surface area contributed by atoms with Gasteiger partial charge in [-0.1, -0.05) is 90.0 Å². The maximum atomic E-state index is 14.3. The quantitative estimate of drug-likeness (QED) is 0.121. The van der Waals surface area contributed by atoms with Crippen LogP contribution in [0.5, 0.6) is 0 Å². The third-order valence-electron chi connectivity index (χ3n) is 18.2. The lowest BCUT2D eigenvalue weighted by Gasteiger charge is -2.32. The molecule has 0 radical (unpaired) electrons. The Balaban J connectivity index is 0.838. The van der Waals surface area contributed by atoms with E-state index in [2.05, 4.69) is 94.3 Å². The Morgan fingerprint density at radius 2 is 1.29 bits per heavy atom. The zero-order valence-corrected chi connectivity index (χ0v) is 43.7. The van der Waals surface area contributed by atoms with Crippen LogP contribution < -0.4 is 10.6 Å². The minimum absolute atomic E-state index is 0.0748. The number of methoxy groups -OCH3 is 2. The van der Waals surface area contributed by atoms with Crippen LogP contribution in [-0.2, 0) is 19.1 Å². The van der Waals surface area contributed by atoms with Crippen molar-refractivity contribution in [3.63, 3.8) is 0 Å². The van der Waals surface area contributed by atoms with Crippen molar-refractivity contribution < 1.29 is 28.7 Å². The lowest BCUT2D eigenvalue weighted by Crippen LogP contribution is -2.51. The summed E-state index contributed by atoms with van der Waals surface area (Å²) in [5.74, 6) is 4.00. The van der Waals surface area contributed by atoms with Crippen molar-refractivity contribution in [2.45, 2.75) is 129 Å². The van der Waals surface area contributed by atoms with Gasteiger partial charge in [0.2, 0.25) is 11.8 Å². The normalized spacial score (nSPS) is 29.4. The van der Waals surface area contributed by atoms with E-state index in [0.717, 1.165) is 97.9 Å². The van der Waals surface area contributed by atoms with Gasteiger partial charge >= 0.3 is 12.2 Å². The van der Waals surface area contributed by atoms with Gasteiger partial charge in [-0.2, -0.15) is 0 Å². The molecule has 2 saturated carbocycles. The van der Waals surface area contributed by atoms with E-state index in [1.54, 1.807) is 0 Å². The monoisotopic (exact) mass is 991 g/mol. The first kappa shape index (κ1) is 49.1. The van der Waals surface area contributed by atoms with Crippen molar-refractivity contribution in [3.8, 4) is 0 Å². The Morgan fingerprint density at radius 1 is 0.712 bits per heavy atom. The summed E-state index contributed by atoms with van der Waals surface area (Å²) in [6.07, 6.45) is 21.9. The predicted molar refractivity (Wildman–Crippen MR) is 282 cm³/mol. The number of carbonyl (C=O) groups excluding carboxylic acids is 4. The molecule has 4 fully saturated rings. The molecular weight excluding hydrogens is 917 g/mol. The summed E-state index contributed by atoms with van der Waals surface area (Å²) < 4.78 is 9.83. The van der Waals surface area contributed by atoms with Gasteiger partial charge in [0, 0.05) is 19.0 Å². The second-order valence-corrected chi connectivity index (χ2v) is 23.3. The fraction of sp³-hybridized carbons (Fsp3) is 0.559. The lowest BCUT2D eigenvalue weighted by atomic mass is 9.72. The number of alkyl carbamates (subject to hydrolysis) is 2. The molecule has 73 heavy (non-hydrogen) atoms. The molecule has 4 heterocycles. The molecule has 12 atom stereocenters. The smallest absolute Gasteiger partial charge is 0.407 e. The van der Waals surface area contributed by atoms with Crippen LogP contribution in [0.2, 0.25) is 0 Å². The molecule has 4 amide bonds. The fourth-order valence-corrected chi connectivity index (χ4v) is 14.3. The number of rotatable bonds is 10. The van der Waals surface area contributed by atoms with Gasteiger partial charge < -0.3 is 39.9 Å². The third-order valence-corrected chi connectivity index (χ3v) is 18.2. The van der Waals surface area contributed by atoms with Gasteiger partial charge in [0.15, 0.2) is 0 Å². The molecule has 4 bridgehead atoms.